The van der Waals surface area contributed by atoms with Crippen LogP contribution < -0.4 is 5.32 Å². The van der Waals surface area contributed by atoms with Gasteiger partial charge in [-0.2, -0.15) is 0 Å². The van der Waals surface area contributed by atoms with Crippen molar-refractivity contribution in [3.63, 3.8) is 0 Å². The van der Waals surface area contributed by atoms with Crippen LogP contribution >= 0.6 is 0 Å². The fraction of sp³-hybridized carbons (Fsp3) is 0.708. The van der Waals surface area contributed by atoms with Gasteiger partial charge in [-0.25, -0.2) is 8.42 Å². The molecule has 2 saturated heterocycles. The normalized spacial score (nSPS) is 24.4. The first-order chi connectivity index (χ1) is 14.8. The number of rotatable bonds is 6. The Balaban J connectivity index is 1.23. The monoisotopic (exact) mass is 445 g/mol. The van der Waals surface area contributed by atoms with Gasteiger partial charge in [-0.1, -0.05) is 6.07 Å². The summed E-state index contributed by atoms with van der Waals surface area (Å²) >= 11 is 0. The number of nitrogens with zero attached hydrogens (tertiary/aromatic N) is 2. The molecule has 31 heavy (non-hydrogen) atoms. The van der Waals surface area contributed by atoms with Crippen molar-refractivity contribution < 1.29 is 13.2 Å². The number of carbonyl (C=O) groups excluding carboxylic acids is 1. The van der Waals surface area contributed by atoms with Crippen molar-refractivity contribution >= 4 is 21.4 Å². The molecular weight excluding hydrogens is 410 g/mol. The number of hydrogen-bond acceptors (Lipinski definition) is 5. The van der Waals surface area contributed by atoms with Crippen LogP contribution in [-0.4, -0.2) is 73.4 Å². The van der Waals surface area contributed by atoms with E-state index in [1.807, 2.05) is 0 Å². The zero-order valence-corrected chi connectivity index (χ0v) is 19.6. The Hall–Kier alpha value is -1.44. The van der Waals surface area contributed by atoms with E-state index in [1.54, 1.807) is 0 Å². The van der Waals surface area contributed by atoms with Crippen LogP contribution in [0.2, 0.25) is 0 Å². The fourth-order valence-corrected chi connectivity index (χ4v) is 7.52. The number of aryl methyl sites for hydroxylation is 2. The summed E-state index contributed by atoms with van der Waals surface area (Å²) in [6, 6.07) is 3.33. The molecule has 5 rings (SSSR count). The summed E-state index contributed by atoms with van der Waals surface area (Å²) in [6.07, 6.45) is 6.98. The molecule has 1 N–H and O–H groups in total. The SMILES string of the molecule is CC(C)N1CC(N2CCC(S(=O)(=O)CC(=O)Nc3c4c(cc5c3CCC5)CCC4)C2)C1. The smallest absolute Gasteiger partial charge is 0.239 e. The largest absolute Gasteiger partial charge is 0.325 e. The highest BCUT2D eigenvalue weighted by molar-refractivity contribution is 7.92. The zero-order chi connectivity index (χ0) is 21.8. The van der Waals surface area contributed by atoms with E-state index in [0.717, 1.165) is 63.8 Å². The predicted octanol–water partition coefficient (Wildman–Crippen LogP) is 2.18. The first kappa shape index (κ1) is 21.4. The van der Waals surface area contributed by atoms with Gasteiger partial charge in [-0.05, 0) is 87.6 Å². The second-order valence-corrected chi connectivity index (χ2v) is 12.5. The molecule has 0 saturated carbocycles. The molecule has 0 radical (unpaired) electrons. The standard InChI is InChI=1S/C24H35N3O3S/c1-16(2)27-12-19(13-27)26-10-9-20(14-26)31(29,30)15-23(28)25-24-21-7-3-5-17(21)11-18-6-4-8-22(18)24/h11,16,19-20H,3-10,12-15H2,1-2H3,(H,25,28). The van der Waals surface area contributed by atoms with Gasteiger partial charge in [-0.3, -0.25) is 14.6 Å². The second kappa shape index (κ2) is 8.16. The van der Waals surface area contributed by atoms with Crippen LogP contribution in [0.4, 0.5) is 5.69 Å². The van der Waals surface area contributed by atoms with E-state index in [2.05, 4.69) is 35.0 Å². The Morgan fingerprint density at radius 1 is 1.06 bits per heavy atom. The molecule has 4 aliphatic rings. The third kappa shape index (κ3) is 4.05. The van der Waals surface area contributed by atoms with Crippen molar-refractivity contribution in [2.24, 2.45) is 0 Å². The topological polar surface area (TPSA) is 69.7 Å². The maximum absolute atomic E-state index is 13.1. The van der Waals surface area contributed by atoms with E-state index in [0.29, 0.717) is 25.0 Å². The van der Waals surface area contributed by atoms with Crippen LogP contribution in [0, 0.1) is 0 Å². The van der Waals surface area contributed by atoms with E-state index >= 15 is 0 Å². The number of carbonyl (C=O) groups is 1. The average molecular weight is 446 g/mol. The molecule has 7 heteroatoms. The van der Waals surface area contributed by atoms with Crippen molar-refractivity contribution in [1.82, 2.24) is 9.80 Å². The van der Waals surface area contributed by atoms with Crippen molar-refractivity contribution in [2.75, 3.05) is 37.2 Å². The van der Waals surface area contributed by atoms with E-state index in [9.17, 15) is 13.2 Å². The van der Waals surface area contributed by atoms with Crippen molar-refractivity contribution in [1.29, 1.82) is 0 Å². The molecule has 2 fully saturated rings. The van der Waals surface area contributed by atoms with Gasteiger partial charge < -0.3 is 5.32 Å². The van der Waals surface area contributed by atoms with Crippen molar-refractivity contribution in [3.8, 4) is 0 Å². The van der Waals surface area contributed by atoms with Crippen LogP contribution in [0.3, 0.4) is 0 Å². The van der Waals surface area contributed by atoms with Gasteiger partial charge >= 0.3 is 0 Å². The molecule has 170 valence electrons. The number of benzene rings is 1. The van der Waals surface area contributed by atoms with Crippen LogP contribution in [-0.2, 0) is 40.3 Å². The summed E-state index contributed by atoms with van der Waals surface area (Å²) in [4.78, 5) is 17.6. The van der Waals surface area contributed by atoms with E-state index in [-0.39, 0.29) is 5.91 Å². The van der Waals surface area contributed by atoms with Crippen molar-refractivity contribution in [2.45, 2.75) is 76.1 Å². The zero-order valence-electron chi connectivity index (χ0n) is 18.8. The number of likely N-dealkylation sites (tertiary alicyclic amines) is 2. The van der Waals surface area contributed by atoms with Gasteiger partial charge in [0.05, 0.1) is 5.25 Å². The highest BCUT2D eigenvalue weighted by Crippen LogP contribution is 2.38. The highest BCUT2D eigenvalue weighted by atomic mass is 32.2. The third-order valence-electron chi connectivity index (χ3n) is 7.89. The van der Waals surface area contributed by atoms with Crippen LogP contribution in [0.15, 0.2) is 6.07 Å². The molecule has 2 aliphatic heterocycles. The van der Waals surface area contributed by atoms with Crippen LogP contribution in [0.25, 0.3) is 0 Å². The molecule has 1 aromatic rings. The number of nitrogens with one attached hydrogen (secondary N) is 1. The number of anilines is 1. The fourth-order valence-electron chi connectivity index (χ4n) is 5.96. The minimum absolute atomic E-state index is 0.359. The molecule has 0 spiro atoms. The minimum Gasteiger partial charge on any atom is -0.325 e. The lowest BCUT2D eigenvalue weighted by Gasteiger charge is -2.46. The van der Waals surface area contributed by atoms with E-state index < -0.39 is 20.8 Å². The maximum atomic E-state index is 13.1. The van der Waals surface area contributed by atoms with Gasteiger partial charge in [0, 0.05) is 37.4 Å². The molecule has 1 unspecified atom stereocenters. The predicted molar refractivity (Wildman–Crippen MR) is 123 cm³/mol. The number of amides is 1. The summed E-state index contributed by atoms with van der Waals surface area (Å²) < 4.78 is 26.1. The number of fused-ring (bicyclic) bond motifs is 2. The highest BCUT2D eigenvalue weighted by Gasteiger charge is 2.41. The van der Waals surface area contributed by atoms with Gasteiger partial charge in [0.15, 0.2) is 9.84 Å². The maximum Gasteiger partial charge on any atom is 0.239 e. The van der Waals surface area contributed by atoms with Gasteiger partial charge in [0.25, 0.3) is 0 Å². The molecule has 1 aromatic carbocycles. The first-order valence-corrected chi connectivity index (χ1v) is 13.7. The molecule has 1 amide bonds. The molecule has 2 aliphatic carbocycles. The number of hydrogen-bond donors (Lipinski definition) is 1. The molecule has 2 heterocycles. The van der Waals surface area contributed by atoms with Crippen LogP contribution in [0.1, 0.15) is 55.4 Å². The number of sulfone groups is 1. The summed E-state index contributed by atoms with van der Waals surface area (Å²) in [5.41, 5.74) is 6.14. The summed E-state index contributed by atoms with van der Waals surface area (Å²) in [5, 5.41) is 2.64. The lowest BCUT2D eigenvalue weighted by molar-refractivity contribution is -0.113. The molecule has 6 nitrogen and oxygen atoms in total. The Morgan fingerprint density at radius 3 is 2.32 bits per heavy atom. The molecule has 1 atom stereocenters. The Labute approximate surface area is 186 Å². The minimum atomic E-state index is -3.46. The summed E-state index contributed by atoms with van der Waals surface area (Å²) in [7, 11) is -3.46. The van der Waals surface area contributed by atoms with Crippen LogP contribution in [0.5, 0.6) is 0 Å². The van der Waals surface area contributed by atoms with E-state index in [1.165, 1.54) is 22.3 Å². The van der Waals surface area contributed by atoms with Crippen molar-refractivity contribution in [3.05, 3.63) is 28.3 Å². The van der Waals surface area contributed by atoms with Gasteiger partial charge in [-0.15, -0.1) is 0 Å². The first-order valence-electron chi connectivity index (χ1n) is 12.0. The quantitative estimate of drug-likeness (QED) is 0.727. The second-order valence-electron chi connectivity index (χ2n) is 10.2. The Morgan fingerprint density at radius 2 is 1.71 bits per heavy atom. The van der Waals surface area contributed by atoms with E-state index in [4.69, 9.17) is 0 Å². The lowest BCUT2D eigenvalue weighted by atomic mass is 9.98. The lowest BCUT2D eigenvalue weighted by Crippen LogP contribution is -2.60. The Kier molecular flexibility index (Phi) is 5.64. The molecule has 0 aromatic heterocycles. The average Bonchev–Trinajstić information content (AvgIpc) is 3.39. The molecule has 0 bridgehead atoms. The van der Waals surface area contributed by atoms with Gasteiger partial charge in [0.1, 0.15) is 5.75 Å². The Bertz CT molecular complexity index is 950. The summed E-state index contributed by atoms with van der Waals surface area (Å²) in [6.45, 7) is 7.83. The third-order valence-corrected chi connectivity index (χ3v) is 9.96. The molecular formula is C24H35N3O3S. The summed E-state index contributed by atoms with van der Waals surface area (Å²) in [5.74, 6) is -0.755. The van der Waals surface area contributed by atoms with Gasteiger partial charge in [0.2, 0.25) is 5.91 Å².